The molecule has 0 spiro atoms. The van der Waals surface area contributed by atoms with Crippen molar-refractivity contribution in [2.45, 2.75) is 180 Å². The van der Waals surface area contributed by atoms with E-state index >= 15 is 4.39 Å². The van der Waals surface area contributed by atoms with Crippen molar-refractivity contribution in [1.29, 1.82) is 0 Å². The topological polar surface area (TPSA) is 175 Å². The highest BCUT2D eigenvalue weighted by Gasteiger charge is 2.53. The Morgan fingerprint density at radius 1 is 0.877 bits per heavy atom. The third-order valence-corrected chi connectivity index (χ3v) is 14.4. The smallest absolute Gasteiger partial charge is 0.329 e. The molecule has 14 heteroatoms. The summed E-state index contributed by atoms with van der Waals surface area (Å²) in [5, 5.41) is 22.4. The molecule has 0 aromatic rings. The number of ketones is 3. The van der Waals surface area contributed by atoms with Crippen molar-refractivity contribution in [3.05, 3.63) is 47.6 Å². The van der Waals surface area contributed by atoms with E-state index in [1.165, 1.54) is 25.0 Å². The highest BCUT2D eigenvalue weighted by molar-refractivity contribution is 6.39. The van der Waals surface area contributed by atoms with Crippen LogP contribution in [0.5, 0.6) is 0 Å². The zero-order valence-electron chi connectivity index (χ0n) is 40.5. The summed E-state index contributed by atoms with van der Waals surface area (Å²) in [6.45, 7) is 12.4. The Kier molecular flexibility index (Phi) is 20.9. The standard InChI is InChI=1S/C51H78FNO12/c1-30-16-12-11-13-17-31(2)42(61-8)28-38-21-19-36(7)51(60,65-38)48(57)49(58)53-23-15-14-18-39(53)50(59)64-43(33(4)26-37-20-22-40(54)44(27-37)62-9)29-41(55)32(3)25-34(5)45(52)47(63-10)46(56)35(6)24-30/h11-13,16-17,25,30,32-33,35-40,42-45,47,54,60H,14-15,18-24,26-29H2,1-10H3/b13-11?,16-12+,31-17?,34-25+/t30-,32-,33-,35-,36-,37?,38+,39+,40-,42+,43?,44-,45?,47-,51-/m1/s1. The number of methoxy groups -OCH3 is 3. The van der Waals surface area contributed by atoms with Crippen LogP contribution in [0, 0.1) is 35.5 Å². The van der Waals surface area contributed by atoms with Crippen LogP contribution in [0.25, 0.3) is 0 Å². The molecule has 2 N–H and O–H groups in total. The van der Waals surface area contributed by atoms with Gasteiger partial charge in [-0.3, -0.25) is 19.2 Å². The summed E-state index contributed by atoms with van der Waals surface area (Å²) in [7, 11) is 4.42. The maximum atomic E-state index is 16.2. The monoisotopic (exact) mass is 916 g/mol. The lowest BCUT2D eigenvalue weighted by Crippen LogP contribution is -2.61. The molecule has 3 fully saturated rings. The number of hydrogen-bond donors (Lipinski definition) is 2. The fourth-order valence-corrected chi connectivity index (χ4v) is 10.1. The number of carbonyl (C=O) groups is 5. The minimum Gasteiger partial charge on any atom is -0.460 e. The predicted molar refractivity (Wildman–Crippen MR) is 244 cm³/mol. The van der Waals surface area contributed by atoms with Gasteiger partial charge in [0, 0.05) is 58.5 Å². The van der Waals surface area contributed by atoms with Crippen molar-refractivity contribution < 1.29 is 62.3 Å². The zero-order chi connectivity index (χ0) is 48.2. The SMILES string of the molecule is CO[C@H]1C[C@@H]2CC[C@@H](C)[C@@](O)(O2)C(=O)C(=O)N2CCCC[C@H]2C(=O)OC([C@H](C)CC2CC[C@@H](O)[C@H](OC)C2)CC(=O)[C@H](C)/C=C(\C)C(F)[C@@H](OC)C(=O)[C@H](C)C[C@H](C)/C=C/C=CC=C1C. The molecule has 2 bridgehead atoms. The minimum absolute atomic E-state index is 0.0215. The van der Waals surface area contributed by atoms with E-state index in [0.29, 0.717) is 64.2 Å². The van der Waals surface area contributed by atoms with Crippen molar-refractivity contribution in [3.8, 4) is 0 Å². The van der Waals surface area contributed by atoms with Crippen LogP contribution >= 0.6 is 0 Å². The van der Waals surface area contributed by atoms with Gasteiger partial charge in [-0.05, 0) is 107 Å². The van der Waals surface area contributed by atoms with Gasteiger partial charge in [-0.2, -0.15) is 0 Å². The van der Waals surface area contributed by atoms with Gasteiger partial charge < -0.3 is 38.8 Å². The Balaban J connectivity index is 1.70. The number of alkyl halides is 1. The van der Waals surface area contributed by atoms with Gasteiger partial charge in [0.25, 0.3) is 11.7 Å². The first-order valence-electron chi connectivity index (χ1n) is 23.9. The highest BCUT2D eigenvalue weighted by Crippen LogP contribution is 2.38. The van der Waals surface area contributed by atoms with Crippen LogP contribution in [0.15, 0.2) is 47.6 Å². The van der Waals surface area contributed by atoms with Crippen LogP contribution in [-0.2, 0) is 47.7 Å². The Hall–Kier alpha value is -3.40. The number of Topliss-reactive ketones (excluding diaryl/α,β-unsaturated/α-hetero) is 3. The Labute approximate surface area is 386 Å². The number of nitrogens with zero attached hydrogens (tertiary/aromatic N) is 1. The molecule has 15 atom stereocenters. The van der Waals surface area contributed by atoms with E-state index in [-0.39, 0.29) is 60.4 Å². The normalized spacial score (nSPS) is 39.1. The fraction of sp³-hybridized carbons (Fsp3) is 0.745. The van der Waals surface area contributed by atoms with Gasteiger partial charge in [-0.15, -0.1) is 0 Å². The number of aliphatic hydroxyl groups excluding tert-OH is 1. The molecule has 3 aliphatic heterocycles. The quantitative estimate of drug-likeness (QED) is 0.157. The van der Waals surface area contributed by atoms with Gasteiger partial charge >= 0.3 is 5.97 Å². The summed E-state index contributed by atoms with van der Waals surface area (Å²) >= 11 is 0. The summed E-state index contributed by atoms with van der Waals surface area (Å²) in [5.74, 6) is -8.44. The molecule has 1 amide bonds. The lowest BCUT2D eigenvalue weighted by atomic mass is 9.78. The van der Waals surface area contributed by atoms with Gasteiger partial charge in [0.1, 0.15) is 17.9 Å². The van der Waals surface area contributed by atoms with E-state index < -0.39 is 83.9 Å². The summed E-state index contributed by atoms with van der Waals surface area (Å²) in [5.41, 5.74) is 1.03. The van der Waals surface area contributed by atoms with E-state index in [2.05, 4.69) is 0 Å². The summed E-state index contributed by atoms with van der Waals surface area (Å²) in [6.07, 6.45) is 9.94. The molecule has 3 unspecified atom stereocenters. The van der Waals surface area contributed by atoms with Crippen molar-refractivity contribution in [2.75, 3.05) is 27.9 Å². The molecule has 3 heterocycles. The van der Waals surface area contributed by atoms with Crippen LogP contribution in [0.2, 0.25) is 0 Å². The largest absolute Gasteiger partial charge is 0.460 e. The Bertz CT molecular complexity index is 1760. The molecule has 4 aliphatic rings. The Morgan fingerprint density at radius 3 is 2.28 bits per heavy atom. The van der Waals surface area contributed by atoms with Crippen molar-refractivity contribution in [1.82, 2.24) is 4.90 Å². The lowest BCUT2D eigenvalue weighted by molar-refractivity contribution is -0.265. The molecule has 0 aromatic heterocycles. The van der Waals surface area contributed by atoms with E-state index in [4.69, 9.17) is 23.7 Å². The number of amides is 1. The number of cyclic esters (lactones) is 1. The van der Waals surface area contributed by atoms with Crippen LogP contribution in [0.1, 0.15) is 126 Å². The molecule has 1 saturated carbocycles. The number of allylic oxidation sites excluding steroid dienone is 6. The maximum absolute atomic E-state index is 16.2. The number of hydrogen-bond acceptors (Lipinski definition) is 12. The average molecular weight is 916 g/mol. The minimum atomic E-state index is -2.44. The van der Waals surface area contributed by atoms with Gasteiger partial charge in [-0.25, -0.2) is 9.18 Å². The molecule has 0 aromatic carbocycles. The Morgan fingerprint density at radius 2 is 1.60 bits per heavy atom. The molecule has 0 radical (unpaired) electrons. The van der Waals surface area contributed by atoms with E-state index in [1.807, 2.05) is 51.2 Å². The molecular weight excluding hydrogens is 838 g/mol. The van der Waals surface area contributed by atoms with Crippen LogP contribution in [0.3, 0.4) is 0 Å². The highest BCUT2D eigenvalue weighted by atomic mass is 19.1. The number of ether oxygens (including phenoxy) is 5. The number of esters is 1. The first-order valence-corrected chi connectivity index (χ1v) is 23.9. The molecule has 4 rings (SSSR count). The number of carbonyl (C=O) groups excluding carboxylic acids is 5. The molecule has 1 aliphatic carbocycles. The number of rotatable bonds is 6. The van der Waals surface area contributed by atoms with E-state index in [9.17, 15) is 34.2 Å². The molecule has 366 valence electrons. The van der Waals surface area contributed by atoms with Crippen LogP contribution in [0.4, 0.5) is 4.39 Å². The second kappa shape index (κ2) is 25.1. The van der Waals surface area contributed by atoms with E-state index in [0.717, 1.165) is 5.57 Å². The predicted octanol–water partition coefficient (Wildman–Crippen LogP) is 7.16. The molecule has 13 nitrogen and oxygen atoms in total. The number of piperidine rings is 1. The molecular formula is C51H78FNO12. The molecule has 65 heavy (non-hydrogen) atoms. The van der Waals surface area contributed by atoms with Gasteiger partial charge in [-0.1, -0.05) is 71.1 Å². The lowest BCUT2D eigenvalue weighted by Gasteiger charge is -2.42. The van der Waals surface area contributed by atoms with Gasteiger partial charge in [0.05, 0.1) is 24.4 Å². The summed E-state index contributed by atoms with van der Waals surface area (Å²) in [4.78, 5) is 71.6. The second-order valence-corrected chi connectivity index (χ2v) is 19.5. The summed E-state index contributed by atoms with van der Waals surface area (Å²) < 4.78 is 45.4. The fourth-order valence-electron chi connectivity index (χ4n) is 10.1. The van der Waals surface area contributed by atoms with Crippen molar-refractivity contribution >= 4 is 29.2 Å². The van der Waals surface area contributed by atoms with Gasteiger partial charge in [0.2, 0.25) is 5.79 Å². The molecule has 2 saturated heterocycles. The van der Waals surface area contributed by atoms with E-state index in [1.54, 1.807) is 35.0 Å². The maximum Gasteiger partial charge on any atom is 0.329 e. The van der Waals surface area contributed by atoms with Gasteiger partial charge in [0.15, 0.2) is 18.1 Å². The third-order valence-electron chi connectivity index (χ3n) is 14.4. The van der Waals surface area contributed by atoms with Crippen molar-refractivity contribution in [3.63, 3.8) is 0 Å². The third kappa shape index (κ3) is 14.3. The van der Waals surface area contributed by atoms with Crippen molar-refractivity contribution in [2.24, 2.45) is 35.5 Å². The summed E-state index contributed by atoms with van der Waals surface area (Å²) in [6, 6.07) is -1.16. The van der Waals surface area contributed by atoms with Crippen LogP contribution < -0.4 is 0 Å². The number of fused-ring (bicyclic) bond motifs is 3. The first kappa shape index (κ1) is 54.2. The number of aliphatic hydroxyl groups is 2. The first-order chi connectivity index (χ1) is 30.7. The zero-order valence-corrected chi connectivity index (χ0v) is 40.5. The van der Waals surface area contributed by atoms with Crippen LogP contribution in [-0.4, -0.2) is 127 Å². The number of halogens is 1. The average Bonchev–Trinajstić information content (AvgIpc) is 3.28. The second-order valence-electron chi connectivity index (χ2n) is 19.5.